The van der Waals surface area contributed by atoms with Gasteiger partial charge in [0.25, 0.3) is 0 Å². The number of rotatable bonds is 6. The number of hydrogen-bond donors (Lipinski definition) is 2. The molecule has 0 aliphatic rings. The van der Waals surface area contributed by atoms with Gasteiger partial charge in [0, 0.05) is 15.7 Å². The van der Waals surface area contributed by atoms with Gasteiger partial charge in [-0.3, -0.25) is 0 Å². The van der Waals surface area contributed by atoms with Crippen LogP contribution in [-0.2, 0) is 0 Å². The molecule has 0 unspecified atom stereocenters. The van der Waals surface area contributed by atoms with E-state index in [0.29, 0.717) is 33.6 Å². The molecular formula is C14H13BCl2O3S. The Morgan fingerprint density at radius 2 is 1.90 bits per heavy atom. The van der Waals surface area contributed by atoms with E-state index in [4.69, 9.17) is 38.0 Å². The van der Waals surface area contributed by atoms with Crippen LogP contribution in [0.3, 0.4) is 0 Å². The van der Waals surface area contributed by atoms with Crippen molar-refractivity contribution in [2.45, 2.75) is 4.90 Å². The second-order valence-corrected chi connectivity index (χ2v) is 6.20. The second kappa shape index (κ2) is 7.96. The van der Waals surface area contributed by atoms with Crippen molar-refractivity contribution < 1.29 is 14.8 Å². The van der Waals surface area contributed by atoms with Crippen LogP contribution >= 0.6 is 35.0 Å². The summed E-state index contributed by atoms with van der Waals surface area (Å²) in [5.41, 5.74) is 0.401. The van der Waals surface area contributed by atoms with Crippen LogP contribution in [0, 0.1) is 0 Å². The quantitative estimate of drug-likeness (QED) is 0.481. The summed E-state index contributed by atoms with van der Waals surface area (Å²) in [6.45, 7) is 0.471. The smallest absolute Gasteiger partial charge is 0.488 e. The highest BCUT2D eigenvalue weighted by molar-refractivity contribution is 7.99. The third-order valence-electron chi connectivity index (χ3n) is 2.66. The summed E-state index contributed by atoms with van der Waals surface area (Å²) in [5, 5.41) is 19.5. The fraction of sp³-hybridized carbons (Fsp3) is 0.143. The van der Waals surface area contributed by atoms with E-state index in [0.717, 1.165) is 4.90 Å². The number of ether oxygens (including phenoxy) is 1. The third-order valence-corrected chi connectivity index (χ3v) is 4.36. The van der Waals surface area contributed by atoms with Gasteiger partial charge >= 0.3 is 7.12 Å². The van der Waals surface area contributed by atoms with Crippen LogP contribution in [0.25, 0.3) is 0 Å². The minimum absolute atomic E-state index is 0.401. The Morgan fingerprint density at radius 3 is 2.67 bits per heavy atom. The maximum Gasteiger partial charge on any atom is 0.488 e. The van der Waals surface area contributed by atoms with E-state index < -0.39 is 7.12 Å². The molecule has 110 valence electrons. The molecule has 0 fully saturated rings. The number of benzene rings is 2. The van der Waals surface area contributed by atoms with Crippen LogP contribution in [0.5, 0.6) is 5.75 Å². The zero-order chi connectivity index (χ0) is 15.2. The minimum atomic E-state index is -1.49. The van der Waals surface area contributed by atoms with E-state index in [1.807, 2.05) is 6.07 Å². The number of hydrogen-bond acceptors (Lipinski definition) is 4. The van der Waals surface area contributed by atoms with Gasteiger partial charge in [-0.05, 0) is 35.8 Å². The molecular weight excluding hydrogens is 330 g/mol. The van der Waals surface area contributed by atoms with E-state index in [-0.39, 0.29) is 0 Å². The molecule has 0 heterocycles. The zero-order valence-electron chi connectivity index (χ0n) is 11.0. The van der Waals surface area contributed by atoms with Crippen LogP contribution in [0.1, 0.15) is 0 Å². The lowest BCUT2D eigenvalue weighted by atomic mass is 9.80. The molecule has 21 heavy (non-hydrogen) atoms. The molecule has 0 aliphatic heterocycles. The average Bonchev–Trinajstić information content (AvgIpc) is 2.47. The van der Waals surface area contributed by atoms with Crippen LogP contribution in [0.4, 0.5) is 0 Å². The second-order valence-electron chi connectivity index (χ2n) is 4.22. The van der Waals surface area contributed by atoms with E-state index >= 15 is 0 Å². The van der Waals surface area contributed by atoms with Crippen molar-refractivity contribution in [1.29, 1.82) is 0 Å². The largest absolute Gasteiger partial charge is 0.493 e. The Kier molecular flexibility index (Phi) is 6.27. The van der Waals surface area contributed by atoms with Gasteiger partial charge in [0.2, 0.25) is 0 Å². The summed E-state index contributed by atoms with van der Waals surface area (Å²) in [6, 6.07) is 12.0. The fourth-order valence-corrected chi connectivity index (χ4v) is 2.98. The van der Waals surface area contributed by atoms with Gasteiger partial charge in [0.05, 0.1) is 11.6 Å². The predicted molar refractivity (Wildman–Crippen MR) is 88.9 cm³/mol. The predicted octanol–water partition coefficient (Wildman–Crippen LogP) is 2.84. The third kappa shape index (κ3) is 5.13. The lowest BCUT2D eigenvalue weighted by Crippen LogP contribution is -2.29. The molecule has 0 aliphatic carbocycles. The van der Waals surface area contributed by atoms with E-state index in [9.17, 15) is 0 Å². The molecule has 0 amide bonds. The normalized spacial score (nSPS) is 10.5. The summed E-state index contributed by atoms with van der Waals surface area (Å²) in [6.07, 6.45) is 0. The molecule has 2 aromatic rings. The molecule has 0 aromatic heterocycles. The number of halogens is 2. The van der Waals surface area contributed by atoms with Gasteiger partial charge in [-0.25, -0.2) is 0 Å². The highest BCUT2D eigenvalue weighted by Crippen LogP contribution is 2.29. The molecule has 0 atom stereocenters. The summed E-state index contributed by atoms with van der Waals surface area (Å²) in [5.74, 6) is 1.30. The molecule has 0 spiro atoms. The van der Waals surface area contributed by atoms with Gasteiger partial charge in [-0.2, -0.15) is 0 Å². The van der Waals surface area contributed by atoms with Crippen molar-refractivity contribution in [3.05, 3.63) is 52.5 Å². The van der Waals surface area contributed by atoms with E-state index in [1.165, 1.54) is 0 Å². The zero-order valence-corrected chi connectivity index (χ0v) is 13.3. The van der Waals surface area contributed by atoms with Crippen molar-refractivity contribution in [2.75, 3.05) is 12.4 Å². The highest BCUT2D eigenvalue weighted by atomic mass is 35.5. The maximum absolute atomic E-state index is 9.09. The fourth-order valence-electron chi connectivity index (χ4n) is 1.66. The molecule has 3 nitrogen and oxygen atoms in total. The van der Waals surface area contributed by atoms with Gasteiger partial charge in [0.15, 0.2) is 0 Å². The lowest BCUT2D eigenvalue weighted by molar-refractivity contribution is 0.344. The maximum atomic E-state index is 9.09. The Hall–Kier alpha value is -0.845. The number of thioether (sulfide) groups is 1. The van der Waals surface area contributed by atoms with Crippen molar-refractivity contribution in [1.82, 2.24) is 0 Å². The molecule has 2 aromatic carbocycles. The molecule has 7 heteroatoms. The molecule has 0 bridgehead atoms. The first-order chi connectivity index (χ1) is 10.1. The first-order valence-electron chi connectivity index (χ1n) is 6.23. The monoisotopic (exact) mass is 342 g/mol. The summed E-state index contributed by atoms with van der Waals surface area (Å²) in [4.78, 5) is 0.910. The van der Waals surface area contributed by atoms with Gasteiger partial charge in [-0.1, -0.05) is 35.3 Å². The average molecular weight is 343 g/mol. The molecule has 0 saturated carbocycles. The highest BCUT2D eigenvalue weighted by Gasteiger charge is 2.11. The summed E-state index contributed by atoms with van der Waals surface area (Å²) in [7, 11) is -1.49. The Morgan fingerprint density at radius 1 is 1.10 bits per heavy atom. The SMILES string of the molecule is OB(O)c1cccc(OCCSc2cc(Cl)ccc2Cl)c1. The van der Waals surface area contributed by atoms with Gasteiger partial charge in [-0.15, -0.1) is 11.8 Å². The van der Waals surface area contributed by atoms with Crippen molar-refractivity contribution >= 4 is 47.5 Å². The van der Waals surface area contributed by atoms with Crippen LogP contribution in [0.2, 0.25) is 10.0 Å². The van der Waals surface area contributed by atoms with Crippen LogP contribution < -0.4 is 10.2 Å². The summed E-state index contributed by atoms with van der Waals surface area (Å²) < 4.78 is 5.57. The van der Waals surface area contributed by atoms with Gasteiger partial charge in [0.1, 0.15) is 5.75 Å². The first kappa shape index (κ1) is 16.5. The summed E-state index contributed by atoms with van der Waals surface area (Å²) >= 11 is 13.5. The van der Waals surface area contributed by atoms with E-state index in [1.54, 1.807) is 48.2 Å². The standard InChI is InChI=1S/C14H13BCl2O3S/c16-11-4-5-13(17)14(9-11)21-7-6-20-12-3-1-2-10(8-12)15(18)19/h1-5,8-9,18-19H,6-7H2. The molecule has 0 radical (unpaired) electrons. The van der Waals surface area contributed by atoms with Crippen LogP contribution in [-0.4, -0.2) is 29.5 Å². The topological polar surface area (TPSA) is 49.7 Å². The first-order valence-corrected chi connectivity index (χ1v) is 7.97. The van der Waals surface area contributed by atoms with Crippen molar-refractivity contribution in [2.24, 2.45) is 0 Å². The van der Waals surface area contributed by atoms with Crippen molar-refractivity contribution in [3.63, 3.8) is 0 Å². The Labute approximate surface area is 138 Å². The lowest BCUT2D eigenvalue weighted by Gasteiger charge is -2.08. The Balaban J connectivity index is 1.84. The van der Waals surface area contributed by atoms with Gasteiger partial charge < -0.3 is 14.8 Å². The molecule has 2 N–H and O–H groups in total. The minimum Gasteiger partial charge on any atom is -0.493 e. The molecule has 2 rings (SSSR count). The molecule has 0 saturated heterocycles. The van der Waals surface area contributed by atoms with Crippen molar-refractivity contribution in [3.8, 4) is 5.75 Å². The van der Waals surface area contributed by atoms with E-state index in [2.05, 4.69) is 0 Å². The Bertz CT molecular complexity index is 611. The van der Waals surface area contributed by atoms with Crippen LogP contribution in [0.15, 0.2) is 47.4 Å².